The fourth-order valence-corrected chi connectivity index (χ4v) is 1.15. The summed E-state index contributed by atoms with van der Waals surface area (Å²) < 4.78 is 50.0. The third kappa shape index (κ3) is 3.47. The predicted molar refractivity (Wildman–Crippen MR) is 52.6 cm³/mol. The van der Waals surface area contributed by atoms with Crippen molar-refractivity contribution in [3.05, 3.63) is 29.6 Å². The molecule has 10 heteroatoms. The standard InChI is InChI=1S/C9H6F4N2O4/c10-6-3-4(1-2-5(6)9(11,12)13)15(8(17)18)19-7(14)16/h1-3H,(H2,14,16)(H,17,18). The van der Waals surface area contributed by atoms with Gasteiger partial charge in [-0.25, -0.2) is 14.0 Å². The van der Waals surface area contributed by atoms with E-state index in [2.05, 4.69) is 10.6 Å². The third-order valence-electron chi connectivity index (χ3n) is 1.85. The number of halogens is 4. The Morgan fingerprint density at radius 1 is 1.32 bits per heavy atom. The van der Waals surface area contributed by atoms with Gasteiger partial charge in [-0.15, -0.1) is 5.06 Å². The number of hydroxylamine groups is 1. The van der Waals surface area contributed by atoms with Crippen molar-refractivity contribution in [1.82, 2.24) is 0 Å². The summed E-state index contributed by atoms with van der Waals surface area (Å²) in [5, 5.41) is 8.48. The molecule has 2 amide bonds. The van der Waals surface area contributed by atoms with Crippen molar-refractivity contribution in [3.63, 3.8) is 0 Å². The number of amides is 2. The summed E-state index contributed by atoms with van der Waals surface area (Å²) in [5.41, 5.74) is 2.34. The average molecular weight is 282 g/mol. The van der Waals surface area contributed by atoms with Gasteiger partial charge < -0.3 is 15.7 Å². The number of carbonyl (C=O) groups is 2. The first-order valence-corrected chi connectivity index (χ1v) is 4.50. The minimum absolute atomic E-state index is 0.161. The number of rotatable bonds is 1. The number of benzene rings is 1. The van der Waals surface area contributed by atoms with E-state index in [-0.39, 0.29) is 11.1 Å². The van der Waals surface area contributed by atoms with E-state index in [0.29, 0.717) is 12.1 Å². The molecule has 0 aliphatic rings. The second-order valence-corrected chi connectivity index (χ2v) is 3.15. The molecule has 0 saturated carbocycles. The highest BCUT2D eigenvalue weighted by Gasteiger charge is 2.34. The molecule has 0 heterocycles. The predicted octanol–water partition coefficient (Wildman–Crippen LogP) is 2.34. The molecule has 0 spiro atoms. The summed E-state index contributed by atoms with van der Waals surface area (Å²) in [7, 11) is 0. The molecular formula is C9H6F4N2O4. The minimum Gasteiger partial charge on any atom is -0.463 e. The van der Waals surface area contributed by atoms with Gasteiger partial charge in [0, 0.05) is 6.07 Å². The van der Waals surface area contributed by atoms with Gasteiger partial charge in [0.15, 0.2) is 0 Å². The van der Waals surface area contributed by atoms with E-state index in [1.165, 1.54) is 0 Å². The highest BCUT2D eigenvalue weighted by molar-refractivity contribution is 5.86. The second kappa shape index (κ2) is 5.00. The molecule has 1 aromatic carbocycles. The van der Waals surface area contributed by atoms with Crippen molar-refractivity contribution in [2.45, 2.75) is 6.18 Å². The molecule has 0 saturated heterocycles. The Labute approximate surface area is 102 Å². The monoisotopic (exact) mass is 282 g/mol. The number of primary amides is 1. The Morgan fingerprint density at radius 3 is 2.26 bits per heavy atom. The molecule has 0 aromatic heterocycles. The van der Waals surface area contributed by atoms with Gasteiger partial charge in [-0.3, -0.25) is 0 Å². The number of nitrogens with zero attached hydrogens (tertiary/aromatic N) is 1. The quantitative estimate of drug-likeness (QED) is 0.610. The van der Waals surface area contributed by atoms with Crippen LogP contribution >= 0.6 is 0 Å². The van der Waals surface area contributed by atoms with E-state index in [1.54, 1.807) is 0 Å². The number of anilines is 1. The Kier molecular flexibility index (Phi) is 3.83. The molecule has 0 bridgehead atoms. The van der Waals surface area contributed by atoms with Gasteiger partial charge in [0.2, 0.25) is 0 Å². The minimum atomic E-state index is -4.93. The van der Waals surface area contributed by atoms with E-state index in [1.807, 2.05) is 0 Å². The number of hydrogen-bond donors (Lipinski definition) is 2. The molecule has 19 heavy (non-hydrogen) atoms. The molecular weight excluding hydrogens is 276 g/mol. The van der Waals surface area contributed by atoms with E-state index in [0.717, 1.165) is 0 Å². The van der Waals surface area contributed by atoms with Crippen LogP contribution in [-0.2, 0) is 11.0 Å². The lowest BCUT2D eigenvalue weighted by Gasteiger charge is -2.17. The van der Waals surface area contributed by atoms with Crippen molar-refractivity contribution in [1.29, 1.82) is 0 Å². The maximum Gasteiger partial charge on any atom is 0.445 e. The second-order valence-electron chi connectivity index (χ2n) is 3.15. The normalized spacial score (nSPS) is 10.9. The van der Waals surface area contributed by atoms with Gasteiger partial charge in [-0.2, -0.15) is 13.2 Å². The first-order chi connectivity index (χ1) is 8.62. The van der Waals surface area contributed by atoms with Crippen molar-refractivity contribution >= 4 is 17.9 Å². The smallest absolute Gasteiger partial charge is 0.445 e. The molecule has 0 aliphatic heterocycles. The Morgan fingerprint density at radius 2 is 1.89 bits per heavy atom. The molecule has 0 radical (unpaired) electrons. The van der Waals surface area contributed by atoms with Crippen LogP contribution in [0, 0.1) is 5.82 Å². The summed E-state index contributed by atoms with van der Waals surface area (Å²) in [6.07, 6.45) is -8.32. The SMILES string of the molecule is NC(=O)ON(C(=O)O)c1ccc(C(F)(F)F)c(F)c1. The van der Waals surface area contributed by atoms with Gasteiger partial charge >= 0.3 is 18.4 Å². The van der Waals surface area contributed by atoms with Crippen LogP contribution in [-0.4, -0.2) is 17.3 Å². The van der Waals surface area contributed by atoms with E-state index >= 15 is 0 Å². The van der Waals surface area contributed by atoms with Crippen molar-refractivity contribution in [3.8, 4) is 0 Å². The lowest BCUT2D eigenvalue weighted by Crippen LogP contribution is -2.34. The van der Waals surface area contributed by atoms with Crippen LogP contribution in [0.15, 0.2) is 18.2 Å². The van der Waals surface area contributed by atoms with E-state index < -0.39 is 35.4 Å². The van der Waals surface area contributed by atoms with Crippen molar-refractivity contribution < 1.29 is 37.1 Å². The van der Waals surface area contributed by atoms with Crippen LogP contribution in [0.4, 0.5) is 32.8 Å². The fraction of sp³-hybridized carbons (Fsp3) is 0.111. The van der Waals surface area contributed by atoms with Gasteiger partial charge in [0.25, 0.3) is 0 Å². The van der Waals surface area contributed by atoms with Gasteiger partial charge in [-0.1, -0.05) is 0 Å². The van der Waals surface area contributed by atoms with E-state index in [4.69, 9.17) is 5.11 Å². The van der Waals surface area contributed by atoms with Crippen LogP contribution in [0.1, 0.15) is 5.56 Å². The number of carbonyl (C=O) groups excluding carboxylic acids is 1. The van der Waals surface area contributed by atoms with Crippen LogP contribution < -0.4 is 10.8 Å². The summed E-state index contributed by atoms with van der Waals surface area (Å²) in [6, 6.07) is 1.17. The zero-order valence-corrected chi connectivity index (χ0v) is 8.94. The molecule has 1 rings (SSSR count). The number of carboxylic acid groups (broad SMARTS) is 1. The lowest BCUT2D eigenvalue weighted by atomic mass is 10.2. The lowest BCUT2D eigenvalue weighted by molar-refractivity contribution is -0.140. The topological polar surface area (TPSA) is 92.9 Å². The highest BCUT2D eigenvalue weighted by Crippen LogP contribution is 2.33. The first-order valence-electron chi connectivity index (χ1n) is 4.50. The van der Waals surface area contributed by atoms with Crippen molar-refractivity contribution in [2.75, 3.05) is 5.06 Å². The van der Waals surface area contributed by atoms with Crippen LogP contribution in [0.5, 0.6) is 0 Å². The molecule has 104 valence electrons. The Balaban J connectivity index is 3.17. The van der Waals surface area contributed by atoms with Gasteiger partial charge in [0.1, 0.15) is 5.82 Å². The van der Waals surface area contributed by atoms with Crippen LogP contribution in [0.3, 0.4) is 0 Å². The first kappa shape index (κ1) is 14.5. The number of nitrogens with two attached hydrogens (primary N) is 1. The molecule has 0 fully saturated rings. The van der Waals surface area contributed by atoms with E-state index in [9.17, 15) is 27.2 Å². The number of alkyl halides is 3. The molecule has 1 aromatic rings. The summed E-state index contributed by atoms with van der Waals surface area (Å²) in [6.45, 7) is 0. The van der Waals surface area contributed by atoms with Crippen molar-refractivity contribution in [2.24, 2.45) is 5.73 Å². The fourth-order valence-electron chi connectivity index (χ4n) is 1.15. The summed E-state index contributed by atoms with van der Waals surface area (Å²) in [5.74, 6) is -1.72. The average Bonchev–Trinajstić information content (AvgIpc) is 2.23. The molecule has 0 unspecified atom stereocenters. The maximum absolute atomic E-state index is 13.2. The zero-order chi connectivity index (χ0) is 14.8. The highest BCUT2D eigenvalue weighted by atomic mass is 19.4. The largest absolute Gasteiger partial charge is 0.463 e. The molecule has 3 N–H and O–H groups in total. The maximum atomic E-state index is 13.2. The van der Waals surface area contributed by atoms with Crippen LogP contribution in [0.2, 0.25) is 0 Å². The Hall–Kier alpha value is -2.52. The molecule has 6 nitrogen and oxygen atoms in total. The van der Waals surface area contributed by atoms with Gasteiger partial charge in [-0.05, 0) is 12.1 Å². The zero-order valence-electron chi connectivity index (χ0n) is 8.94. The summed E-state index contributed by atoms with van der Waals surface area (Å²) in [4.78, 5) is 25.1. The van der Waals surface area contributed by atoms with Gasteiger partial charge in [0.05, 0.1) is 11.3 Å². The molecule has 0 aliphatic carbocycles. The number of hydrogen-bond acceptors (Lipinski definition) is 3. The summed E-state index contributed by atoms with van der Waals surface area (Å²) >= 11 is 0. The third-order valence-corrected chi connectivity index (χ3v) is 1.85. The van der Waals surface area contributed by atoms with Crippen LogP contribution in [0.25, 0.3) is 0 Å². The molecule has 0 atom stereocenters. The Bertz CT molecular complexity index is 517.